The summed E-state index contributed by atoms with van der Waals surface area (Å²) in [5, 5.41) is 0. The summed E-state index contributed by atoms with van der Waals surface area (Å²) in [7, 11) is 3.32. The van der Waals surface area contributed by atoms with E-state index in [1.807, 2.05) is 12.1 Å². The molecule has 1 aromatic carbocycles. The lowest BCUT2D eigenvalue weighted by Crippen LogP contribution is -2.15. The van der Waals surface area contributed by atoms with E-state index >= 15 is 0 Å². The molecule has 0 spiro atoms. The molecule has 0 radical (unpaired) electrons. The maximum Gasteiger partial charge on any atom is 0.161 e. The van der Waals surface area contributed by atoms with Crippen molar-refractivity contribution in [3.05, 3.63) is 23.3 Å². The highest BCUT2D eigenvalue weighted by Crippen LogP contribution is 2.41. The zero-order chi connectivity index (χ0) is 14.0. The Morgan fingerprint density at radius 3 is 2.37 bits per heavy atom. The summed E-state index contributed by atoms with van der Waals surface area (Å²) in [6, 6.07) is 4.06. The maximum absolute atomic E-state index is 5.94. The van der Waals surface area contributed by atoms with Crippen LogP contribution >= 0.6 is 15.9 Å². The Balaban J connectivity index is 2.28. The minimum absolute atomic E-state index is 0.192. The summed E-state index contributed by atoms with van der Waals surface area (Å²) < 4.78 is 16.6. The predicted octanol–water partition coefficient (Wildman–Crippen LogP) is 4.02. The summed E-state index contributed by atoms with van der Waals surface area (Å²) >= 11 is 3.78. The van der Waals surface area contributed by atoms with Crippen LogP contribution in [0.1, 0.15) is 35.7 Å². The smallest absolute Gasteiger partial charge is 0.161 e. The Bertz CT molecular complexity index is 447. The lowest BCUT2D eigenvalue weighted by atomic mass is 10.00. The normalized spacial score (nSPS) is 24.3. The third-order valence-electron chi connectivity index (χ3n) is 3.66. The molecule has 1 fully saturated rings. The van der Waals surface area contributed by atoms with Crippen LogP contribution in [0.2, 0.25) is 0 Å². The van der Waals surface area contributed by atoms with Gasteiger partial charge in [0.1, 0.15) is 0 Å². The van der Waals surface area contributed by atoms with Crippen molar-refractivity contribution in [1.29, 1.82) is 0 Å². The van der Waals surface area contributed by atoms with Gasteiger partial charge in [-0.25, -0.2) is 0 Å². The standard InChI is InChI=1S/C15H21BrO3/c1-9-7-13(17-3)14(18-4)8-11(9)15(16)12-6-5-10(2)19-12/h7-8,10,12,15H,5-6H2,1-4H3. The largest absolute Gasteiger partial charge is 0.493 e. The van der Waals surface area contributed by atoms with Gasteiger partial charge in [-0.2, -0.15) is 0 Å². The van der Waals surface area contributed by atoms with Crippen LogP contribution in [0.5, 0.6) is 11.5 Å². The molecule has 0 N–H and O–H groups in total. The maximum atomic E-state index is 5.94. The van der Waals surface area contributed by atoms with Crippen LogP contribution in [-0.2, 0) is 4.74 Å². The zero-order valence-corrected chi connectivity index (χ0v) is 13.5. The highest BCUT2D eigenvalue weighted by Gasteiger charge is 2.30. The molecule has 0 aliphatic carbocycles. The van der Waals surface area contributed by atoms with Crippen molar-refractivity contribution in [2.45, 2.75) is 43.7 Å². The molecule has 1 aromatic rings. The molecule has 2 rings (SSSR count). The number of aryl methyl sites for hydroxylation is 1. The van der Waals surface area contributed by atoms with Gasteiger partial charge in [0, 0.05) is 0 Å². The second-order valence-electron chi connectivity index (χ2n) is 5.03. The second kappa shape index (κ2) is 6.14. The van der Waals surface area contributed by atoms with E-state index in [0.717, 1.165) is 24.3 Å². The van der Waals surface area contributed by atoms with Gasteiger partial charge >= 0.3 is 0 Å². The minimum atomic E-state index is 0.192. The quantitative estimate of drug-likeness (QED) is 0.781. The van der Waals surface area contributed by atoms with Crippen molar-refractivity contribution in [1.82, 2.24) is 0 Å². The molecule has 0 amide bonds. The van der Waals surface area contributed by atoms with E-state index in [1.165, 1.54) is 11.1 Å². The molecule has 1 aliphatic heterocycles. The van der Waals surface area contributed by atoms with Crippen LogP contribution < -0.4 is 9.47 Å². The molecule has 1 aliphatic rings. The van der Waals surface area contributed by atoms with Gasteiger partial charge in [0.25, 0.3) is 0 Å². The average molecular weight is 329 g/mol. The van der Waals surface area contributed by atoms with Crippen molar-refractivity contribution < 1.29 is 14.2 Å². The number of ether oxygens (including phenoxy) is 3. The molecule has 0 bridgehead atoms. The number of rotatable bonds is 4. The molecular weight excluding hydrogens is 308 g/mol. The number of benzene rings is 1. The van der Waals surface area contributed by atoms with Crippen LogP contribution in [0.4, 0.5) is 0 Å². The number of methoxy groups -OCH3 is 2. The van der Waals surface area contributed by atoms with Crippen LogP contribution in [0.15, 0.2) is 12.1 Å². The van der Waals surface area contributed by atoms with Gasteiger partial charge in [0.2, 0.25) is 0 Å². The molecule has 106 valence electrons. The molecule has 4 heteroatoms. The lowest BCUT2D eigenvalue weighted by molar-refractivity contribution is 0.0555. The number of hydrogen-bond acceptors (Lipinski definition) is 3. The van der Waals surface area contributed by atoms with Crippen LogP contribution in [0.3, 0.4) is 0 Å². The number of halogens is 1. The molecule has 3 nitrogen and oxygen atoms in total. The summed E-state index contributed by atoms with van der Waals surface area (Å²) in [5.41, 5.74) is 2.39. The first kappa shape index (κ1) is 14.7. The van der Waals surface area contributed by atoms with Crippen LogP contribution in [0.25, 0.3) is 0 Å². The van der Waals surface area contributed by atoms with E-state index in [0.29, 0.717) is 6.10 Å². The fraction of sp³-hybridized carbons (Fsp3) is 0.600. The predicted molar refractivity (Wildman–Crippen MR) is 79.5 cm³/mol. The van der Waals surface area contributed by atoms with Crippen molar-refractivity contribution in [2.24, 2.45) is 0 Å². The Labute approximate surface area is 123 Å². The van der Waals surface area contributed by atoms with Gasteiger partial charge in [-0.3, -0.25) is 0 Å². The molecule has 3 atom stereocenters. The summed E-state index contributed by atoms with van der Waals surface area (Å²) in [6.45, 7) is 4.21. The van der Waals surface area contributed by atoms with Gasteiger partial charge in [0.05, 0.1) is 31.3 Å². The summed E-state index contributed by atoms with van der Waals surface area (Å²) in [6.07, 6.45) is 2.79. The van der Waals surface area contributed by atoms with Crippen molar-refractivity contribution >= 4 is 15.9 Å². The topological polar surface area (TPSA) is 27.7 Å². The first-order chi connectivity index (χ1) is 9.06. The monoisotopic (exact) mass is 328 g/mol. The number of alkyl halides is 1. The second-order valence-corrected chi connectivity index (χ2v) is 6.01. The van der Waals surface area contributed by atoms with E-state index < -0.39 is 0 Å². The highest BCUT2D eigenvalue weighted by atomic mass is 79.9. The molecule has 0 saturated carbocycles. The summed E-state index contributed by atoms with van der Waals surface area (Å²) in [5.74, 6) is 1.53. The Morgan fingerprint density at radius 1 is 1.21 bits per heavy atom. The van der Waals surface area contributed by atoms with Gasteiger partial charge in [-0.15, -0.1) is 0 Å². The molecule has 3 unspecified atom stereocenters. The van der Waals surface area contributed by atoms with E-state index in [4.69, 9.17) is 14.2 Å². The Hall–Kier alpha value is -0.740. The molecule has 0 aromatic heterocycles. The van der Waals surface area contributed by atoms with E-state index in [2.05, 4.69) is 29.8 Å². The number of hydrogen-bond donors (Lipinski definition) is 0. The van der Waals surface area contributed by atoms with Crippen LogP contribution in [0, 0.1) is 6.92 Å². The molecule has 1 saturated heterocycles. The van der Waals surface area contributed by atoms with E-state index in [-0.39, 0.29) is 10.9 Å². The van der Waals surface area contributed by atoms with Gasteiger partial charge in [-0.05, 0) is 49.9 Å². The Kier molecular flexibility index (Phi) is 4.74. The van der Waals surface area contributed by atoms with E-state index in [9.17, 15) is 0 Å². The van der Waals surface area contributed by atoms with E-state index in [1.54, 1.807) is 14.2 Å². The SMILES string of the molecule is COc1cc(C)c(C(Br)C2CCC(C)O2)cc1OC. The van der Waals surface area contributed by atoms with Crippen molar-refractivity contribution in [3.8, 4) is 11.5 Å². The molecule has 19 heavy (non-hydrogen) atoms. The lowest BCUT2D eigenvalue weighted by Gasteiger charge is -2.21. The Morgan fingerprint density at radius 2 is 1.84 bits per heavy atom. The molecule has 1 heterocycles. The first-order valence-electron chi connectivity index (χ1n) is 6.58. The third kappa shape index (κ3) is 3.06. The van der Waals surface area contributed by atoms with Gasteiger partial charge < -0.3 is 14.2 Å². The van der Waals surface area contributed by atoms with Gasteiger partial charge in [0.15, 0.2) is 11.5 Å². The van der Waals surface area contributed by atoms with Crippen molar-refractivity contribution in [3.63, 3.8) is 0 Å². The van der Waals surface area contributed by atoms with Crippen molar-refractivity contribution in [2.75, 3.05) is 14.2 Å². The average Bonchev–Trinajstić information content (AvgIpc) is 2.84. The minimum Gasteiger partial charge on any atom is -0.493 e. The summed E-state index contributed by atoms with van der Waals surface area (Å²) in [4.78, 5) is 0.192. The molecular formula is C15H21BrO3. The highest BCUT2D eigenvalue weighted by molar-refractivity contribution is 9.09. The fourth-order valence-electron chi connectivity index (χ4n) is 2.54. The first-order valence-corrected chi connectivity index (χ1v) is 7.50. The van der Waals surface area contributed by atoms with Gasteiger partial charge in [-0.1, -0.05) is 15.9 Å². The fourth-order valence-corrected chi connectivity index (χ4v) is 3.42. The third-order valence-corrected chi connectivity index (χ3v) is 4.74. The van der Waals surface area contributed by atoms with Crippen LogP contribution in [-0.4, -0.2) is 26.4 Å². The zero-order valence-electron chi connectivity index (χ0n) is 11.9.